The summed E-state index contributed by atoms with van der Waals surface area (Å²) in [5.41, 5.74) is 0.129. The Morgan fingerprint density at radius 2 is 2.19 bits per heavy atom. The number of nitrogens with zero attached hydrogens (tertiary/aromatic N) is 4. The van der Waals surface area contributed by atoms with E-state index >= 15 is 0 Å². The number of ether oxygens (including phenoxy) is 1. The lowest BCUT2D eigenvalue weighted by molar-refractivity contribution is -0.385. The van der Waals surface area contributed by atoms with Gasteiger partial charge in [0.15, 0.2) is 0 Å². The first-order valence-electron chi connectivity index (χ1n) is 7.95. The minimum Gasteiger partial charge on any atom is -0.456 e. The summed E-state index contributed by atoms with van der Waals surface area (Å²) >= 11 is 1.29. The first kappa shape index (κ1) is 18.4. The fourth-order valence-corrected chi connectivity index (χ4v) is 3.12. The molecule has 0 aliphatic carbocycles. The van der Waals surface area contributed by atoms with E-state index in [0.717, 1.165) is 11.1 Å². The lowest BCUT2D eigenvalue weighted by atomic mass is 10.1. The number of para-hydroxylation sites is 1. The number of rotatable bonds is 6. The predicted molar refractivity (Wildman–Crippen MR) is 98.4 cm³/mol. The van der Waals surface area contributed by atoms with Crippen LogP contribution in [0.2, 0.25) is 0 Å². The molecule has 138 valence electrons. The summed E-state index contributed by atoms with van der Waals surface area (Å²) in [7, 11) is 0. The summed E-state index contributed by atoms with van der Waals surface area (Å²) in [6, 6.07) is 7.29. The Hall–Kier alpha value is -3.40. The van der Waals surface area contributed by atoms with E-state index in [0.29, 0.717) is 17.1 Å². The molecule has 0 saturated heterocycles. The SMILES string of the molecule is CCc1nn2c(=O)cc(COC(=O)/C=C/c3ccccc3[N+](=O)[O-])nc2s1. The van der Waals surface area contributed by atoms with Gasteiger partial charge in [-0.1, -0.05) is 30.4 Å². The molecular formula is C17H14N4O5S. The molecule has 0 saturated carbocycles. The van der Waals surface area contributed by atoms with Crippen LogP contribution >= 0.6 is 11.3 Å². The summed E-state index contributed by atoms with van der Waals surface area (Å²) in [5.74, 6) is -0.700. The normalized spacial score (nSPS) is 11.1. The van der Waals surface area contributed by atoms with Crippen LogP contribution in [0.4, 0.5) is 5.69 Å². The van der Waals surface area contributed by atoms with Crippen molar-refractivity contribution in [1.82, 2.24) is 14.6 Å². The number of aryl methyl sites for hydroxylation is 1. The molecule has 0 N–H and O–H groups in total. The molecule has 27 heavy (non-hydrogen) atoms. The van der Waals surface area contributed by atoms with E-state index in [2.05, 4.69) is 10.1 Å². The quantitative estimate of drug-likeness (QED) is 0.276. The molecule has 2 aromatic heterocycles. The van der Waals surface area contributed by atoms with E-state index in [9.17, 15) is 19.7 Å². The van der Waals surface area contributed by atoms with Gasteiger partial charge in [-0.05, 0) is 18.6 Å². The van der Waals surface area contributed by atoms with Gasteiger partial charge >= 0.3 is 5.97 Å². The summed E-state index contributed by atoms with van der Waals surface area (Å²) in [4.78, 5) is 39.0. The number of hydrogen-bond acceptors (Lipinski definition) is 8. The van der Waals surface area contributed by atoms with Gasteiger partial charge in [0.1, 0.15) is 11.6 Å². The van der Waals surface area contributed by atoms with Crippen LogP contribution in [0.25, 0.3) is 11.0 Å². The smallest absolute Gasteiger partial charge is 0.331 e. The van der Waals surface area contributed by atoms with Crippen molar-refractivity contribution in [3.05, 3.63) is 73.1 Å². The average molecular weight is 386 g/mol. The summed E-state index contributed by atoms with van der Waals surface area (Å²) in [6.45, 7) is 1.74. The summed E-state index contributed by atoms with van der Waals surface area (Å²) in [5, 5.41) is 15.9. The molecule has 0 aliphatic heterocycles. The number of aromatic nitrogens is 3. The van der Waals surface area contributed by atoms with Crippen LogP contribution in [0.1, 0.15) is 23.2 Å². The van der Waals surface area contributed by atoms with Crippen LogP contribution in [0.5, 0.6) is 0 Å². The molecule has 1 aromatic carbocycles. The Labute approximate surface area is 156 Å². The number of carbonyl (C=O) groups excluding carboxylic acids is 1. The molecule has 0 amide bonds. The molecule has 0 aliphatic rings. The zero-order valence-electron chi connectivity index (χ0n) is 14.2. The van der Waals surface area contributed by atoms with Gasteiger partial charge in [0, 0.05) is 18.2 Å². The molecule has 10 heteroatoms. The van der Waals surface area contributed by atoms with Crippen molar-refractivity contribution in [1.29, 1.82) is 0 Å². The maximum atomic E-state index is 12.0. The van der Waals surface area contributed by atoms with Crippen molar-refractivity contribution in [3.8, 4) is 0 Å². The van der Waals surface area contributed by atoms with Crippen LogP contribution in [-0.2, 0) is 22.6 Å². The Bertz CT molecular complexity index is 1100. The second-order valence-electron chi connectivity index (χ2n) is 5.39. The topological polar surface area (TPSA) is 117 Å². The fourth-order valence-electron chi connectivity index (χ4n) is 2.26. The van der Waals surface area contributed by atoms with Gasteiger partial charge < -0.3 is 4.74 Å². The number of nitro groups is 1. The molecule has 0 radical (unpaired) electrons. The minimum atomic E-state index is -0.700. The average Bonchev–Trinajstić information content (AvgIpc) is 3.08. The molecule has 3 rings (SSSR count). The molecule has 0 atom stereocenters. The Balaban J connectivity index is 1.70. The lowest BCUT2D eigenvalue weighted by Gasteiger charge is -2.01. The van der Waals surface area contributed by atoms with E-state index in [1.807, 2.05) is 6.92 Å². The third-order valence-electron chi connectivity index (χ3n) is 3.54. The van der Waals surface area contributed by atoms with Gasteiger partial charge in [0.25, 0.3) is 11.2 Å². The Morgan fingerprint density at radius 3 is 2.93 bits per heavy atom. The van der Waals surface area contributed by atoms with Crippen molar-refractivity contribution < 1.29 is 14.5 Å². The molecule has 3 aromatic rings. The van der Waals surface area contributed by atoms with Crippen molar-refractivity contribution >= 4 is 34.0 Å². The molecule has 0 unspecified atom stereocenters. The maximum absolute atomic E-state index is 12.0. The standard InChI is InChI=1S/C17H14N4O5S/c1-2-14-19-20-15(22)9-12(18-17(20)27-14)10-26-16(23)8-7-11-5-3-4-6-13(11)21(24)25/h3-9H,2,10H2,1H3/b8-7+. The number of carbonyl (C=O) groups is 1. The maximum Gasteiger partial charge on any atom is 0.331 e. The number of fused-ring (bicyclic) bond motifs is 1. The molecule has 2 heterocycles. The highest BCUT2D eigenvalue weighted by Crippen LogP contribution is 2.19. The van der Waals surface area contributed by atoms with Crippen LogP contribution in [0, 0.1) is 10.1 Å². The monoisotopic (exact) mass is 386 g/mol. The van der Waals surface area contributed by atoms with Crippen LogP contribution in [0.3, 0.4) is 0 Å². The van der Waals surface area contributed by atoms with Crippen LogP contribution in [-0.4, -0.2) is 25.5 Å². The van der Waals surface area contributed by atoms with Gasteiger partial charge in [0.05, 0.1) is 16.2 Å². The van der Waals surface area contributed by atoms with Gasteiger partial charge in [-0.3, -0.25) is 14.9 Å². The van der Waals surface area contributed by atoms with E-state index in [1.165, 1.54) is 46.2 Å². The third kappa shape index (κ3) is 4.23. The Kier molecular flexibility index (Phi) is 5.36. The highest BCUT2D eigenvalue weighted by Gasteiger charge is 2.11. The first-order chi connectivity index (χ1) is 13.0. The molecule has 9 nitrogen and oxygen atoms in total. The minimum absolute atomic E-state index is 0.112. The summed E-state index contributed by atoms with van der Waals surface area (Å²) < 4.78 is 6.28. The fraction of sp³-hybridized carbons (Fsp3) is 0.176. The van der Waals surface area contributed by atoms with Crippen LogP contribution in [0.15, 0.2) is 41.2 Å². The van der Waals surface area contributed by atoms with Crippen molar-refractivity contribution in [2.45, 2.75) is 20.0 Å². The van der Waals surface area contributed by atoms with E-state index < -0.39 is 10.9 Å². The van der Waals surface area contributed by atoms with Crippen LogP contribution < -0.4 is 5.56 Å². The van der Waals surface area contributed by atoms with Gasteiger partial charge in [-0.15, -0.1) is 0 Å². The number of nitro benzene ring substituents is 1. The molecule has 0 bridgehead atoms. The van der Waals surface area contributed by atoms with Crippen molar-refractivity contribution in [2.24, 2.45) is 0 Å². The number of esters is 1. The molecule has 0 fully saturated rings. The van der Waals surface area contributed by atoms with E-state index in [1.54, 1.807) is 6.07 Å². The molecule has 0 spiro atoms. The highest BCUT2D eigenvalue weighted by molar-refractivity contribution is 7.16. The van der Waals surface area contributed by atoms with Crippen molar-refractivity contribution in [3.63, 3.8) is 0 Å². The van der Waals surface area contributed by atoms with Gasteiger partial charge in [0.2, 0.25) is 4.96 Å². The van der Waals surface area contributed by atoms with E-state index in [4.69, 9.17) is 4.74 Å². The highest BCUT2D eigenvalue weighted by atomic mass is 32.1. The number of benzene rings is 1. The lowest BCUT2D eigenvalue weighted by Crippen LogP contribution is -2.16. The zero-order chi connectivity index (χ0) is 19.4. The second kappa shape index (κ2) is 7.87. The number of hydrogen-bond donors (Lipinski definition) is 0. The van der Waals surface area contributed by atoms with Gasteiger partial charge in [-0.25, -0.2) is 9.78 Å². The van der Waals surface area contributed by atoms with Gasteiger partial charge in [-0.2, -0.15) is 9.61 Å². The largest absolute Gasteiger partial charge is 0.456 e. The zero-order valence-corrected chi connectivity index (χ0v) is 15.0. The summed E-state index contributed by atoms with van der Waals surface area (Å²) in [6.07, 6.45) is 3.09. The Morgan fingerprint density at radius 1 is 1.41 bits per heavy atom. The van der Waals surface area contributed by atoms with Crippen molar-refractivity contribution in [2.75, 3.05) is 0 Å². The third-order valence-corrected chi connectivity index (χ3v) is 4.59. The predicted octanol–water partition coefficient (Wildman–Crippen LogP) is 2.38. The van der Waals surface area contributed by atoms with E-state index in [-0.39, 0.29) is 23.4 Å². The first-order valence-corrected chi connectivity index (χ1v) is 8.76. The molecular weight excluding hydrogens is 372 g/mol. The second-order valence-corrected chi connectivity index (χ2v) is 6.43.